The SMILES string of the molecule is N#Cc1cccc(OC2CCN(C(=O)c3ccc(CN4CC5(CCN(Cc6ccc(C(F)(F)F)cc6)CC5)OC4=O)cc3)CC2)c1. The van der Waals surface area contributed by atoms with Gasteiger partial charge >= 0.3 is 12.3 Å². The number of carbonyl (C=O) groups is 2. The zero-order chi connectivity index (χ0) is 32.3. The predicted octanol–water partition coefficient (Wildman–Crippen LogP) is 6.25. The first kappa shape index (κ1) is 31.4. The number of halogens is 3. The summed E-state index contributed by atoms with van der Waals surface area (Å²) in [5.41, 5.74) is 1.62. The van der Waals surface area contributed by atoms with Crippen LogP contribution in [-0.4, -0.2) is 71.1 Å². The van der Waals surface area contributed by atoms with Gasteiger partial charge in [0.1, 0.15) is 17.5 Å². The summed E-state index contributed by atoms with van der Waals surface area (Å²) in [5.74, 6) is 0.619. The van der Waals surface area contributed by atoms with E-state index >= 15 is 0 Å². The lowest BCUT2D eigenvalue weighted by atomic mass is 9.91. The summed E-state index contributed by atoms with van der Waals surface area (Å²) in [6, 6.07) is 21.8. The van der Waals surface area contributed by atoms with Crippen molar-refractivity contribution in [1.82, 2.24) is 14.7 Å². The van der Waals surface area contributed by atoms with E-state index in [9.17, 15) is 22.8 Å². The van der Waals surface area contributed by atoms with Crippen LogP contribution in [0.25, 0.3) is 0 Å². The highest BCUT2D eigenvalue weighted by atomic mass is 19.4. The molecule has 46 heavy (non-hydrogen) atoms. The lowest BCUT2D eigenvalue weighted by Crippen LogP contribution is -2.46. The second-order valence-corrected chi connectivity index (χ2v) is 12.3. The van der Waals surface area contributed by atoms with Gasteiger partial charge in [0.15, 0.2) is 0 Å². The van der Waals surface area contributed by atoms with Crippen molar-refractivity contribution in [2.75, 3.05) is 32.7 Å². The number of piperidine rings is 2. The molecule has 3 fully saturated rings. The van der Waals surface area contributed by atoms with Gasteiger partial charge in [-0.15, -0.1) is 0 Å². The lowest BCUT2D eigenvalue weighted by Gasteiger charge is -2.37. The maximum atomic E-state index is 13.2. The number of ether oxygens (including phenoxy) is 2. The van der Waals surface area contributed by atoms with Gasteiger partial charge in [-0.1, -0.05) is 30.3 Å². The third-order valence-electron chi connectivity index (χ3n) is 9.07. The number of hydrogen-bond donors (Lipinski definition) is 0. The highest BCUT2D eigenvalue weighted by Crippen LogP contribution is 2.35. The fraction of sp³-hybridized carbons (Fsp3) is 0.400. The molecule has 240 valence electrons. The van der Waals surface area contributed by atoms with E-state index in [4.69, 9.17) is 14.7 Å². The van der Waals surface area contributed by atoms with E-state index in [0.29, 0.717) is 88.4 Å². The first-order valence-corrected chi connectivity index (χ1v) is 15.5. The van der Waals surface area contributed by atoms with E-state index in [0.717, 1.165) is 23.3 Å². The fourth-order valence-corrected chi connectivity index (χ4v) is 6.41. The number of nitriles is 1. The molecule has 0 aromatic heterocycles. The van der Waals surface area contributed by atoms with Crippen LogP contribution >= 0.6 is 0 Å². The molecule has 0 unspecified atom stereocenters. The summed E-state index contributed by atoms with van der Waals surface area (Å²) in [6.45, 7) is 3.89. The molecule has 3 heterocycles. The molecule has 3 aliphatic heterocycles. The monoisotopic (exact) mass is 632 g/mol. The topological polar surface area (TPSA) is 86.1 Å². The molecular formula is C35H35F3N4O4. The number of amides is 2. The van der Waals surface area contributed by atoms with Crippen molar-refractivity contribution in [1.29, 1.82) is 5.26 Å². The number of nitrogens with zero attached hydrogens (tertiary/aromatic N) is 4. The maximum Gasteiger partial charge on any atom is 0.416 e. The van der Waals surface area contributed by atoms with Crippen molar-refractivity contribution in [2.24, 2.45) is 0 Å². The Morgan fingerprint density at radius 1 is 0.935 bits per heavy atom. The standard InChI is InChI=1S/C35H35F3N4O4/c36-35(37,38)29-10-6-25(7-11-29)22-40-18-14-34(15-19-40)24-42(33(44)46-34)23-26-4-8-28(9-5-26)32(43)41-16-12-30(13-17-41)45-31-3-1-2-27(20-31)21-39/h1-11,20,30H,12-19,22-24H2. The van der Waals surface area contributed by atoms with Crippen molar-refractivity contribution < 1.29 is 32.2 Å². The highest BCUT2D eigenvalue weighted by Gasteiger charge is 2.46. The van der Waals surface area contributed by atoms with Crippen LogP contribution in [0, 0.1) is 11.3 Å². The molecule has 3 aliphatic rings. The van der Waals surface area contributed by atoms with E-state index in [1.165, 1.54) is 12.1 Å². The van der Waals surface area contributed by atoms with Crippen LogP contribution in [0.3, 0.4) is 0 Å². The van der Waals surface area contributed by atoms with E-state index < -0.39 is 17.3 Å². The minimum absolute atomic E-state index is 0.0184. The Balaban J connectivity index is 0.960. The Hall–Kier alpha value is -4.56. The maximum absolute atomic E-state index is 13.2. The van der Waals surface area contributed by atoms with Crippen LogP contribution in [0.5, 0.6) is 5.75 Å². The van der Waals surface area contributed by atoms with Gasteiger partial charge in [0.05, 0.1) is 23.7 Å². The van der Waals surface area contributed by atoms with E-state index in [1.807, 2.05) is 23.1 Å². The van der Waals surface area contributed by atoms with Crippen LogP contribution < -0.4 is 4.74 Å². The van der Waals surface area contributed by atoms with Gasteiger partial charge in [0.25, 0.3) is 5.91 Å². The molecule has 6 rings (SSSR count). The summed E-state index contributed by atoms with van der Waals surface area (Å²) in [5, 5.41) is 9.10. The Labute approximate surface area is 265 Å². The minimum atomic E-state index is -4.35. The molecule has 2 amide bonds. The summed E-state index contributed by atoms with van der Waals surface area (Å²) in [6.07, 6.45) is -2.03. The fourth-order valence-electron chi connectivity index (χ4n) is 6.41. The van der Waals surface area contributed by atoms with Crippen LogP contribution in [0.2, 0.25) is 0 Å². The summed E-state index contributed by atoms with van der Waals surface area (Å²) >= 11 is 0. The van der Waals surface area contributed by atoms with Crippen LogP contribution in [-0.2, 0) is 24.0 Å². The molecule has 11 heteroatoms. The average Bonchev–Trinajstić information content (AvgIpc) is 3.36. The third kappa shape index (κ3) is 7.29. The van der Waals surface area contributed by atoms with Crippen molar-refractivity contribution >= 4 is 12.0 Å². The zero-order valence-corrected chi connectivity index (χ0v) is 25.3. The molecule has 0 N–H and O–H groups in total. The van der Waals surface area contributed by atoms with Gasteiger partial charge in [0, 0.05) is 70.5 Å². The second-order valence-electron chi connectivity index (χ2n) is 12.3. The van der Waals surface area contributed by atoms with Crippen molar-refractivity contribution in [3.63, 3.8) is 0 Å². The second kappa shape index (κ2) is 13.0. The number of rotatable bonds is 7. The van der Waals surface area contributed by atoms with E-state index in [1.54, 1.807) is 35.2 Å². The number of likely N-dealkylation sites (tertiary alicyclic amines) is 2. The van der Waals surface area contributed by atoms with E-state index in [2.05, 4.69) is 11.0 Å². The summed E-state index contributed by atoms with van der Waals surface area (Å²) in [4.78, 5) is 31.7. The molecule has 0 radical (unpaired) electrons. The predicted molar refractivity (Wildman–Crippen MR) is 163 cm³/mol. The average molecular weight is 633 g/mol. The van der Waals surface area contributed by atoms with Gasteiger partial charge in [-0.2, -0.15) is 18.4 Å². The van der Waals surface area contributed by atoms with Crippen molar-refractivity contribution in [3.05, 3.63) is 101 Å². The molecule has 0 saturated carbocycles. The van der Waals surface area contributed by atoms with Crippen LogP contribution in [0.4, 0.5) is 18.0 Å². The Kier molecular flexibility index (Phi) is 8.91. The first-order chi connectivity index (χ1) is 22.1. The lowest BCUT2D eigenvalue weighted by molar-refractivity contribution is -0.137. The molecule has 3 aromatic carbocycles. The van der Waals surface area contributed by atoms with Crippen molar-refractivity contribution in [3.8, 4) is 11.8 Å². The molecule has 3 saturated heterocycles. The van der Waals surface area contributed by atoms with Gasteiger partial charge in [-0.25, -0.2) is 4.79 Å². The number of alkyl halides is 3. The van der Waals surface area contributed by atoms with Gasteiger partial charge in [-0.3, -0.25) is 14.6 Å². The molecule has 0 atom stereocenters. The molecule has 3 aromatic rings. The molecule has 1 spiro atoms. The Bertz CT molecular complexity index is 1590. The van der Waals surface area contributed by atoms with Gasteiger partial charge < -0.3 is 14.4 Å². The first-order valence-electron chi connectivity index (χ1n) is 15.5. The van der Waals surface area contributed by atoms with Crippen molar-refractivity contribution in [2.45, 2.75) is 56.7 Å². The minimum Gasteiger partial charge on any atom is -0.490 e. The highest BCUT2D eigenvalue weighted by molar-refractivity contribution is 5.94. The van der Waals surface area contributed by atoms with Crippen LogP contribution in [0.1, 0.15) is 58.3 Å². The molecule has 0 aliphatic carbocycles. The van der Waals surface area contributed by atoms with Crippen LogP contribution in [0.15, 0.2) is 72.8 Å². The summed E-state index contributed by atoms with van der Waals surface area (Å²) < 4.78 is 50.5. The largest absolute Gasteiger partial charge is 0.490 e. The third-order valence-corrected chi connectivity index (χ3v) is 9.07. The number of hydrogen-bond acceptors (Lipinski definition) is 6. The number of benzene rings is 3. The summed E-state index contributed by atoms with van der Waals surface area (Å²) in [7, 11) is 0. The normalized spacial score (nSPS) is 18.8. The Morgan fingerprint density at radius 3 is 2.24 bits per heavy atom. The zero-order valence-electron chi connectivity index (χ0n) is 25.3. The van der Waals surface area contributed by atoms with Gasteiger partial charge in [0.2, 0.25) is 0 Å². The molecule has 0 bridgehead atoms. The van der Waals surface area contributed by atoms with Gasteiger partial charge in [-0.05, 0) is 53.6 Å². The quantitative estimate of drug-likeness (QED) is 0.306. The Morgan fingerprint density at radius 2 is 1.59 bits per heavy atom. The molecular weight excluding hydrogens is 597 g/mol. The smallest absolute Gasteiger partial charge is 0.416 e. The number of carbonyl (C=O) groups excluding carboxylic acids is 2. The molecule has 8 nitrogen and oxygen atoms in total. The van der Waals surface area contributed by atoms with E-state index in [-0.39, 0.29) is 18.1 Å².